The van der Waals surface area contributed by atoms with Gasteiger partial charge in [-0.2, -0.15) is 0 Å². The van der Waals surface area contributed by atoms with E-state index in [2.05, 4.69) is 13.8 Å². The summed E-state index contributed by atoms with van der Waals surface area (Å²) in [6.45, 7) is 12.3. The zero-order valence-corrected chi connectivity index (χ0v) is 21.0. The van der Waals surface area contributed by atoms with Gasteiger partial charge in [-0.25, -0.2) is 0 Å². The van der Waals surface area contributed by atoms with Crippen molar-refractivity contribution < 1.29 is 30.0 Å². The van der Waals surface area contributed by atoms with Crippen LogP contribution in [0, 0.1) is 39.4 Å². The molecule has 0 amide bonds. The molecule has 4 aliphatic carbocycles. The highest BCUT2D eigenvalue weighted by Crippen LogP contribution is 2.71. The molecular formula is C27H42O6. The van der Waals surface area contributed by atoms with Crippen molar-refractivity contribution in [3.05, 3.63) is 11.1 Å². The van der Waals surface area contributed by atoms with E-state index in [1.165, 1.54) is 0 Å². The number of aliphatic carboxylic acids is 1. The average molecular weight is 463 g/mol. The summed E-state index contributed by atoms with van der Waals surface area (Å²) in [4.78, 5) is 25.1. The van der Waals surface area contributed by atoms with Crippen molar-refractivity contribution in [1.82, 2.24) is 0 Å². The van der Waals surface area contributed by atoms with E-state index in [9.17, 15) is 30.0 Å². The number of aliphatic hydroxyl groups excluding tert-OH is 3. The van der Waals surface area contributed by atoms with E-state index in [1.807, 2.05) is 27.7 Å². The van der Waals surface area contributed by atoms with Crippen LogP contribution in [0.4, 0.5) is 0 Å². The molecule has 4 aliphatic rings. The summed E-state index contributed by atoms with van der Waals surface area (Å²) in [6, 6.07) is 0. The Balaban J connectivity index is 1.84. The molecule has 0 aromatic rings. The first-order valence-electron chi connectivity index (χ1n) is 12.7. The number of fused-ring (bicyclic) bond motifs is 4. The highest BCUT2D eigenvalue weighted by atomic mass is 16.4. The number of ketones is 1. The van der Waals surface area contributed by atoms with Gasteiger partial charge in [-0.1, -0.05) is 41.5 Å². The van der Waals surface area contributed by atoms with Gasteiger partial charge in [-0.3, -0.25) is 9.59 Å². The predicted molar refractivity (Wildman–Crippen MR) is 124 cm³/mol. The van der Waals surface area contributed by atoms with Crippen LogP contribution in [0.25, 0.3) is 0 Å². The number of rotatable bonds is 4. The maximum absolute atomic E-state index is 14.0. The molecule has 0 spiro atoms. The first kappa shape index (κ1) is 24.9. The normalized spacial score (nSPS) is 47.5. The third-order valence-electron chi connectivity index (χ3n) is 11.1. The van der Waals surface area contributed by atoms with Crippen LogP contribution in [0.1, 0.15) is 86.5 Å². The predicted octanol–water partition coefficient (Wildman–Crippen LogP) is 3.72. The van der Waals surface area contributed by atoms with Crippen LogP contribution in [0.3, 0.4) is 0 Å². The topological polar surface area (TPSA) is 115 Å². The lowest BCUT2D eigenvalue weighted by Crippen LogP contribution is -2.61. The first-order chi connectivity index (χ1) is 15.1. The maximum atomic E-state index is 14.0. The zero-order chi connectivity index (χ0) is 24.7. The van der Waals surface area contributed by atoms with Gasteiger partial charge in [0.2, 0.25) is 0 Å². The molecule has 0 heterocycles. The van der Waals surface area contributed by atoms with Gasteiger partial charge in [0.1, 0.15) is 0 Å². The molecule has 0 saturated heterocycles. The molecule has 0 bridgehead atoms. The summed E-state index contributed by atoms with van der Waals surface area (Å²) in [6.07, 6.45) is 1.18. The zero-order valence-electron chi connectivity index (χ0n) is 21.0. The Bertz CT molecular complexity index is 891. The SMILES string of the molecule is CC(CCC(=O)O)C1CC(O)C2(C)C3=C(C(=O)CC12C)C1(C)CCC(O)C(C)(C)C1CC3O. The van der Waals surface area contributed by atoms with Gasteiger partial charge in [0.05, 0.1) is 18.3 Å². The van der Waals surface area contributed by atoms with Crippen LogP contribution >= 0.6 is 0 Å². The number of hydrogen-bond donors (Lipinski definition) is 4. The lowest BCUT2D eigenvalue weighted by Gasteiger charge is -2.62. The molecular weight excluding hydrogens is 420 g/mol. The Morgan fingerprint density at radius 3 is 2.30 bits per heavy atom. The number of allylic oxidation sites excluding steroid dienone is 1. The minimum absolute atomic E-state index is 0.00259. The molecule has 0 aromatic carbocycles. The summed E-state index contributed by atoms with van der Waals surface area (Å²) < 4.78 is 0. The fourth-order valence-corrected chi connectivity index (χ4v) is 8.93. The molecule has 33 heavy (non-hydrogen) atoms. The van der Waals surface area contributed by atoms with Gasteiger partial charge in [0.15, 0.2) is 5.78 Å². The van der Waals surface area contributed by atoms with E-state index in [1.54, 1.807) is 0 Å². The second kappa shape index (κ2) is 7.63. The van der Waals surface area contributed by atoms with E-state index >= 15 is 0 Å². The Morgan fingerprint density at radius 2 is 1.70 bits per heavy atom. The van der Waals surface area contributed by atoms with Crippen LogP contribution in [0.2, 0.25) is 0 Å². The number of hydrogen-bond acceptors (Lipinski definition) is 5. The fraction of sp³-hybridized carbons (Fsp3) is 0.852. The standard InChI is InChI=1S/C27H42O6/c1-14(7-8-21(32)33)15-11-20(31)27(6)23-16(28)12-18-24(2,3)19(30)9-10-25(18,4)22(23)17(29)13-26(15,27)5/h14-16,18-20,28,30-31H,7-13H2,1-6H3,(H,32,33). The summed E-state index contributed by atoms with van der Waals surface area (Å²) in [5, 5.41) is 43.0. The lowest BCUT2D eigenvalue weighted by molar-refractivity contribution is -0.141. The Labute approximate surface area is 197 Å². The molecule has 0 aliphatic heterocycles. The fourth-order valence-electron chi connectivity index (χ4n) is 8.93. The number of Topliss-reactive ketones (excluding diaryl/α,β-unsaturated/α-hetero) is 1. The van der Waals surface area contributed by atoms with Gasteiger partial charge in [-0.15, -0.1) is 0 Å². The molecule has 9 atom stereocenters. The smallest absolute Gasteiger partial charge is 0.303 e. The second-order valence-electron chi connectivity index (χ2n) is 12.9. The number of carbonyl (C=O) groups is 2. The van der Waals surface area contributed by atoms with Crippen LogP contribution in [0.5, 0.6) is 0 Å². The van der Waals surface area contributed by atoms with Gasteiger partial charge in [-0.05, 0) is 71.7 Å². The van der Waals surface area contributed by atoms with Crippen LogP contribution in [-0.4, -0.2) is 50.5 Å². The number of carboxylic acids is 1. The van der Waals surface area contributed by atoms with E-state index in [4.69, 9.17) is 0 Å². The molecule has 2 saturated carbocycles. The maximum Gasteiger partial charge on any atom is 0.303 e. The molecule has 186 valence electrons. The van der Waals surface area contributed by atoms with Gasteiger partial charge in [0.25, 0.3) is 0 Å². The number of carboxylic acid groups (broad SMARTS) is 1. The molecule has 0 aromatic heterocycles. The lowest BCUT2D eigenvalue weighted by atomic mass is 9.42. The highest BCUT2D eigenvalue weighted by Gasteiger charge is 2.69. The van der Waals surface area contributed by atoms with E-state index in [-0.39, 0.29) is 30.0 Å². The average Bonchev–Trinajstić information content (AvgIpc) is 2.92. The molecule has 9 unspecified atom stereocenters. The molecule has 4 N–H and O–H groups in total. The summed E-state index contributed by atoms with van der Waals surface area (Å²) in [5.41, 5.74) is -0.709. The van der Waals surface area contributed by atoms with E-state index in [0.717, 1.165) is 5.57 Å². The summed E-state index contributed by atoms with van der Waals surface area (Å²) in [7, 11) is 0. The van der Waals surface area contributed by atoms with Gasteiger partial charge in [0, 0.05) is 23.8 Å². The van der Waals surface area contributed by atoms with E-state index in [0.29, 0.717) is 44.1 Å². The van der Waals surface area contributed by atoms with Crippen molar-refractivity contribution in [3.8, 4) is 0 Å². The van der Waals surface area contributed by atoms with Crippen LogP contribution in [0.15, 0.2) is 11.1 Å². The first-order valence-corrected chi connectivity index (χ1v) is 12.7. The molecule has 6 heteroatoms. The third kappa shape index (κ3) is 3.16. The van der Waals surface area contributed by atoms with Crippen LogP contribution in [-0.2, 0) is 9.59 Å². The van der Waals surface area contributed by atoms with E-state index < -0.39 is 45.9 Å². The quantitative estimate of drug-likeness (QED) is 0.506. The Kier molecular flexibility index (Phi) is 5.75. The summed E-state index contributed by atoms with van der Waals surface area (Å²) in [5.74, 6) is -0.750. The monoisotopic (exact) mass is 462 g/mol. The molecule has 2 fully saturated rings. The van der Waals surface area contributed by atoms with Crippen molar-refractivity contribution in [2.45, 2.75) is 105 Å². The number of carbonyl (C=O) groups excluding carboxylic acids is 1. The molecule has 0 radical (unpaired) electrons. The number of aliphatic hydroxyl groups is 3. The molecule has 6 nitrogen and oxygen atoms in total. The second-order valence-corrected chi connectivity index (χ2v) is 12.9. The van der Waals surface area contributed by atoms with Gasteiger partial charge < -0.3 is 20.4 Å². The van der Waals surface area contributed by atoms with Gasteiger partial charge >= 0.3 is 5.97 Å². The van der Waals surface area contributed by atoms with Crippen LogP contribution < -0.4 is 0 Å². The Morgan fingerprint density at radius 1 is 1.06 bits per heavy atom. The largest absolute Gasteiger partial charge is 0.481 e. The summed E-state index contributed by atoms with van der Waals surface area (Å²) >= 11 is 0. The molecule has 4 rings (SSSR count). The van der Waals surface area contributed by atoms with Crippen molar-refractivity contribution in [3.63, 3.8) is 0 Å². The highest BCUT2D eigenvalue weighted by molar-refractivity contribution is 6.00. The van der Waals surface area contributed by atoms with Crippen molar-refractivity contribution in [2.75, 3.05) is 0 Å². The minimum Gasteiger partial charge on any atom is -0.481 e. The van der Waals surface area contributed by atoms with Crippen molar-refractivity contribution >= 4 is 11.8 Å². The van der Waals surface area contributed by atoms with Crippen molar-refractivity contribution in [2.24, 2.45) is 39.4 Å². The third-order valence-corrected chi connectivity index (χ3v) is 11.1. The van der Waals surface area contributed by atoms with Crippen molar-refractivity contribution in [1.29, 1.82) is 0 Å². The minimum atomic E-state index is -0.834. The Hall–Kier alpha value is -1.24.